The molecule has 0 amide bonds. The number of piperidine rings is 1. The third kappa shape index (κ3) is 3.05. The number of hydrogen-bond donors (Lipinski definition) is 2. The van der Waals surface area contributed by atoms with Crippen molar-refractivity contribution in [2.75, 3.05) is 26.7 Å². The lowest BCUT2D eigenvalue weighted by atomic mass is 9.81. The van der Waals surface area contributed by atoms with Crippen LogP contribution in [0.4, 0.5) is 4.39 Å². The van der Waals surface area contributed by atoms with Crippen LogP contribution in [-0.4, -0.2) is 26.7 Å². The molecule has 0 aliphatic carbocycles. The van der Waals surface area contributed by atoms with Crippen LogP contribution < -0.4 is 10.6 Å². The molecule has 17 heavy (non-hydrogen) atoms. The Kier molecular flexibility index (Phi) is 4.51. The molecule has 2 nitrogen and oxygen atoms in total. The topological polar surface area (TPSA) is 24.1 Å². The van der Waals surface area contributed by atoms with Crippen LogP contribution >= 0.6 is 0 Å². The first-order valence-electron chi connectivity index (χ1n) is 6.42. The molecule has 1 aliphatic heterocycles. The smallest absolute Gasteiger partial charge is 0.126 e. The molecule has 94 valence electrons. The molecule has 1 aromatic rings. The fraction of sp³-hybridized carbons (Fsp3) is 0.571. The number of halogens is 1. The zero-order valence-corrected chi connectivity index (χ0v) is 10.4. The summed E-state index contributed by atoms with van der Waals surface area (Å²) in [6.07, 6.45) is 2.38. The van der Waals surface area contributed by atoms with E-state index in [4.69, 9.17) is 0 Å². The standard InChI is InChI=1S/C14H21FN2/c1-16-10-13(11-5-4-8-17-9-11)12-6-2-3-7-14(12)15/h2-3,6-7,11,13,16-17H,4-5,8-10H2,1H3. The Hall–Kier alpha value is -0.930. The van der Waals surface area contributed by atoms with E-state index in [1.54, 1.807) is 12.1 Å². The highest BCUT2D eigenvalue weighted by Gasteiger charge is 2.26. The lowest BCUT2D eigenvalue weighted by molar-refractivity contribution is 0.312. The average molecular weight is 236 g/mol. The van der Waals surface area contributed by atoms with Crippen molar-refractivity contribution in [3.63, 3.8) is 0 Å². The maximum atomic E-state index is 13.9. The van der Waals surface area contributed by atoms with Gasteiger partial charge in [0.15, 0.2) is 0 Å². The van der Waals surface area contributed by atoms with Crippen molar-refractivity contribution in [1.82, 2.24) is 10.6 Å². The van der Waals surface area contributed by atoms with Crippen LogP contribution in [-0.2, 0) is 0 Å². The van der Waals surface area contributed by atoms with Gasteiger partial charge >= 0.3 is 0 Å². The number of hydrogen-bond acceptors (Lipinski definition) is 2. The molecule has 2 N–H and O–H groups in total. The van der Waals surface area contributed by atoms with Gasteiger partial charge in [-0.1, -0.05) is 18.2 Å². The van der Waals surface area contributed by atoms with Gasteiger partial charge in [0.25, 0.3) is 0 Å². The second-order valence-electron chi connectivity index (χ2n) is 4.79. The summed E-state index contributed by atoms with van der Waals surface area (Å²) in [5, 5.41) is 6.61. The van der Waals surface area contributed by atoms with Crippen LogP contribution in [0.5, 0.6) is 0 Å². The van der Waals surface area contributed by atoms with E-state index in [0.717, 1.165) is 25.2 Å². The van der Waals surface area contributed by atoms with Gasteiger partial charge in [-0.2, -0.15) is 0 Å². The molecule has 2 atom stereocenters. The highest BCUT2D eigenvalue weighted by Crippen LogP contribution is 2.30. The number of likely N-dealkylation sites (N-methyl/N-ethyl adjacent to an activating group) is 1. The van der Waals surface area contributed by atoms with Gasteiger partial charge in [-0.3, -0.25) is 0 Å². The summed E-state index contributed by atoms with van der Waals surface area (Å²) in [7, 11) is 1.93. The van der Waals surface area contributed by atoms with Gasteiger partial charge in [0, 0.05) is 12.5 Å². The van der Waals surface area contributed by atoms with Gasteiger partial charge in [0.05, 0.1) is 0 Å². The van der Waals surface area contributed by atoms with Crippen LogP contribution in [0.25, 0.3) is 0 Å². The molecule has 1 aliphatic rings. The predicted octanol–water partition coefficient (Wildman–Crippen LogP) is 2.13. The van der Waals surface area contributed by atoms with Gasteiger partial charge in [-0.15, -0.1) is 0 Å². The van der Waals surface area contributed by atoms with E-state index in [-0.39, 0.29) is 11.7 Å². The van der Waals surface area contributed by atoms with E-state index in [9.17, 15) is 4.39 Å². The van der Waals surface area contributed by atoms with Gasteiger partial charge < -0.3 is 10.6 Å². The molecule has 0 radical (unpaired) electrons. The second kappa shape index (κ2) is 6.12. The first-order chi connectivity index (χ1) is 8.33. The van der Waals surface area contributed by atoms with Gasteiger partial charge in [-0.05, 0) is 50.5 Å². The van der Waals surface area contributed by atoms with Crippen LogP contribution in [0.3, 0.4) is 0 Å². The molecule has 0 saturated carbocycles. The van der Waals surface area contributed by atoms with Crippen molar-refractivity contribution in [2.45, 2.75) is 18.8 Å². The first-order valence-corrected chi connectivity index (χ1v) is 6.42. The Morgan fingerprint density at radius 3 is 2.94 bits per heavy atom. The third-order valence-electron chi connectivity index (χ3n) is 3.63. The lowest BCUT2D eigenvalue weighted by Gasteiger charge is -2.31. The van der Waals surface area contributed by atoms with Crippen molar-refractivity contribution >= 4 is 0 Å². The fourth-order valence-electron chi connectivity index (χ4n) is 2.75. The molecule has 1 saturated heterocycles. The largest absolute Gasteiger partial charge is 0.319 e. The number of rotatable bonds is 4. The molecule has 2 unspecified atom stereocenters. The van der Waals surface area contributed by atoms with Gasteiger partial charge in [0.1, 0.15) is 5.82 Å². The first kappa shape index (κ1) is 12.5. The maximum absolute atomic E-state index is 13.9. The fourth-order valence-corrected chi connectivity index (χ4v) is 2.75. The Morgan fingerprint density at radius 1 is 1.47 bits per heavy atom. The normalized spacial score (nSPS) is 22.4. The zero-order valence-electron chi connectivity index (χ0n) is 10.4. The van der Waals surface area contributed by atoms with Crippen LogP contribution in [0, 0.1) is 11.7 Å². The van der Waals surface area contributed by atoms with Crippen molar-refractivity contribution in [3.8, 4) is 0 Å². The highest BCUT2D eigenvalue weighted by molar-refractivity contribution is 5.23. The van der Waals surface area contributed by atoms with Crippen molar-refractivity contribution in [1.29, 1.82) is 0 Å². The predicted molar refractivity (Wildman–Crippen MR) is 68.7 cm³/mol. The quantitative estimate of drug-likeness (QED) is 0.837. The molecular weight excluding hydrogens is 215 g/mol. The van der Waals surface area contributed by atoms with Crippen molar-refractivity contribution in [3.05, 3.63) is 35.6 Å². The minimum Gasteiger partial charge on any atom is -0.319 e. The number of benzene rings is 1. The Morgan fingerprint density at radius 2 is 2.29 bits per heavy atom. The van der Waals surface area contributed by atoms with Crippen molar-refractivity contribution in [2.24, 2.45) is 5.92 Å². The van der Waals surface area contributed by atoms with Crippen LogP contribution in [0.1, 0.15) is 24.3 Å². The van der Waals surface area contributed by atoms with Crippen molar-refractivity contribution < 1.29 is 4.39 Å². The summed E-state index contributed by atoms with van der Waals surface area (Å²) < 4.78 is 13.9. The van der Waals surface area contributed by atoms with E-state index in [0.29, 0.717) is 5.92 Å². The molecule has 0 spiro atoms. The highest BCUT2D eigenvalue weighted by atomic mass is 19.1. The summed E-state index contributed by atoms with van der Waals surface area (Å²) in [6.45, 7) is 2.94. The summed E-state index contributed by atoms with van der Waals surface area (Å²) >= 11 is 0. The van der Waals surface area contributed by atoms with E-state index < -0.39 is 0 Å². The monoisotopic (exact) mass is 236 g/mol. The third-order valence-corrected chi connectivity index (χ3v) is 3.63. The lowest BCUT2D eigenvalue weighted by Crippen LogP contribution is -2.36. The average Bonchev–Trinajstić information content (AvgIpc) is 2.38. The summed E-state index contributed by atoms with van der Waals surface area (Å²) in [6, 6.07) is 7.17. The van der Waals surface area contributed by atoms with E-state index >= 15 is 0 Å². The zero-order chi connectivity index (χ0) is 12.1. The number of nitrogens with one attached hydrogen (secondary N) is 2. The summed E-state index contributed by atoms with van der Waals surface area (Å²) in [4.78, 5) is 0. The van der Waals surface area contributed by atoms with Gasteiger partial charge in [-0.25, -0.2) is 4.39 Å². The molecule has 0 aromatic heterocycles. The minimum atomic E-state index is -0.0710. The van der Waals surface area contributed by atoms with E-state index in [1.807, 2.05) is 19.2 Å². The Bertz CT molecular complexity index is 348. The van der Waals surface area contributed by atoms with Gasteiger partial charge in [0.2, 0.25) is 0 Å². The second-order valence-corrected chi connectivity index (χ2v) is 4.79. The SMILES string of the molecule is CNCC(c1ccccc1F)C1CCCNC1. The molecule has 3 heteroatoms. The molecule has 1 heterocycles. The van der Waals surface area contributed by atoms with E-state index in [2.05, 4.69) is 10.6 Å². The summed E-state index contributed by atoms with van der Waals surface area (Å²) in [5.41, 5.74) is 0.857. The molecular formula is C14H21FN2. The minimum absolute atomic E-state index is 0.0710. The van der Waals surface area contributed by atoms with Crippen LogP contribution in [0.15, 0.2) is 24.3 Å². The molecule has 2 rings (SSSR count). The van der Waals surface area contributed by atoms with E-state index in [1.165, 1.54) is 12.8 Å². The Balaban J connectivity index is 2.18. The maximum Gasteiger partial charge on any atom is 0.126 e. The summed E-state index contributed by atoms with van der Waals surface area (Å²) in [5.74, 6) is 0.737. The molecule has 1 aromatic carbocycles. The Labute approximate surface area is 103 Å². The van der Waals surface area contributed by atoms with Crippen LogP contribution in [0.2, 0.25) is 0 Å². The molecule has 0 bridgehead atoms. The molecule has 1 fully saturated rings.